The van der Waals surface area contributed by atoms with E-state index in [9.17, 15) is 14.4 Å². The van der Waals surface area contributed by atoms with Crippen LogP contribution >= 0.6 is 0 Å². The smallest absolute Gasteiger partial charge is 0.408 e. The number of hydrogen-bond acceptors (Lipinski definition) is 6. The SMILES string of the molecule is CCC[C@@H](NC(=O)OC(C)(C)C)C(=O)Oc1ccc2c(-c3ccccc3)cc(=O)oc2c1C. The van der Waals surface area contributed by atoms with Gasteiger partial charge in [0.05, 0.1) is 0 Å². The number of rotatable bonds is 6. The molecule has 1 atom stereocenters. The Morgan fingerprint density at radius 3 is 2.42 bits per heavy atom. The summed E-state index contributed by atoms with van der Waals surface area (Å²) in [6.07, 6.45) is 0.353. The van der Waals surface area contributed by atoms with E-state index in [4.69, 9.17) is 13.9 Å². The molecular formula is C26H29NO6. The van der Waals surface area contributed by atoms with E-state index in [1.807, 2.05) is 37.3 Å². The molecule has 0 bridgehead atoms. The summed E-state index contributed by atoms with van der Waals surface area (Å²) in [5, 5.41) is 3.31. The highest BCUT2D eigenvalue weighted by Gasteiger charge is 2.26. The molecule has 1 heterocycles. The third-order valence-electron chi connectivity index (χ3n) is 4.96. The van der Waals surface area contributed by atoms with Crippen molar-refractivity contribution in [1.29, 1.82) is 0 Å². The number of nitrogens with one attached hydrogen (secondary N) is 1. The quantitative estimate of drug-likeness (QED) is 0.308. The van der Waals surface area contributed by atoms with Crippen molar-refractivity contribution in [2.24, 2.45) is 0 Å². The van der Waals surface area contributed by atoms with Crippen molar-refractivity contribution in [1.82, 2.24) is 5.32 Å². The number of aryl methyl sites for hydroxylation is 1. The van der Waals surface area contributed by atoms with Crippen molar-refractivity contribution in [2.45, 2.75) is 59.1 Å². The first-order chi connectivity index (χ1) is 15.6. The maximum absolute atomic E-state index is 12.9. The largest absolute Gasteiger partial charge is 0.444 e. The van der Waals surface area contributed by atoms with Crippen LogP contribution in [0.4, 0.5) is 4.79 Å². The van der Waals surface area contributed by atoms with Gasteiger partial charge in [-0.3, -0.25) is 0 Å². The molecule has 1 N–H and O–H groups in total. The number of ether oxygens (including phenoxy) is 2. The molecule has 0 saturated carbocycles. The van der Waals surface area contributed by atoms with Crippen molar-refractivity contribution in [3.8, 4) is 16.9 Å². The first-order valence-electron chi connectivity index (χ1n) is 10.9. The second-order valence-electron chi connectivity index (χ2n) is 8.82. The van der Waals surface area contributed by atoms with Gasteiger partial charge in [0.2, 0.25) is 0 Å². The fourth-order valence-corrected chi connectivity index (χ4v) is 3.48. The second-order valence-corrected chi connectivity index (χ2v) is 8.82. The van der Waals surface area contributed by atoms with Crippen LogP contribution in [0.5, 0.6) is 5.75 Å². The Morgan fingerprint density at radius 1 is 1.09 bits per heavy atom. The van der Waals surface area contributed by atoms with E-state index in [1.54, 1.807) is 39.8 Å². The lowest BCUT2D eigenvalue weighted by atomic mass is 10.00. The van der Waals surface area contributed by atoms with Gasteiger partial charge in [0.15, 0.2) is 0 Å². The van der Waals surface area contributed by atoms with Crippen molar-refractivity contribution in [3.63, 3.8) is 0 Å². The van der Waals surface area contributed by atoms with E-state index >= 15 is 0 Å². The molecule has 0 aliphatic carbocycles. The predicted octanol–water partition coefficient (Wildman–Crippen LogP) is 5.37. The van der Waals surface area contributed by atoms with E-state index in [0.717, 1.165) is 16.5 Å². The van der Waals surface area contributed by atoms with Crippen molar-refractivity contribution in [3.05, 3.63) is 64.5 Å². The Morgan fingerprint density at radius 2 is 1.79 bits per heavy atom. The molecule has 0 unspecified atom stereocenters. The standard InChI is InChI=1S/C26H29NO6/c1-6-10-20(27-25(30)33-26(3,4)5)24(29)31-21-14-13-18-19(17-11-8-7-9-12-17)15-22(28)32-23(18)16(21)2/h7-9,11-15,20H,6,10H2,1-5H3,(H,27,30)/t20-/m1/s1. The lowest BCUT2D eigenvalue weighted by Gasteiger charge is -2.23. The van der Waals surface area contributed by atoms with Gasteiger partial charge in [-0.25, -0.2) is 14.4 Å². The average Bonchev–Trinajstić information content (AvgIpc) is 2.74. The van der Waals surface area contributed by atoms with E-state index in [0.29, 0.717) is 24.0 Å². The van der Waals surface area contributed by atoms with Crippen LogP contribution in [0.3, 0.4) is 0 Å². The summed E-state index contributed by atoms with van der Waals surface area (Å²) in [4.78, 5) is 37.3. The molecule has 0 spiro atoms. The van der Waals surface area contributed by atoms with Crippen LogP contribution in [-0.4, -0.2) is 23.7 Å². The molecule has 33 heavy (non-hydrogen) atoms. The summed E-state index contributed by atoms with van der Waals surface area (Å²) in [7, 11) is 0. The van der Waals surface area contributed by atoms with E-state index in [2.05, 4.69) is 5.32 Å². The molecule has 0 aliphatic rings. The Bertz CT molecular complexity index is 1210. The van der Waals surface area contributed by atoms with E-state index in [1.165, 1.54) is 6.07 Å². The van der Waals surface area contributed by atoms with Gasteiger partial charge in [-0.1, -0.05) is 43.7 Å². The summed E-state index contributed by atoms with van der Waals surface area (Å²) in [5.74, 6) is -0.361. The number of amides is 1. The zero-order chi connectivity index (χ0) is 24.2. The van der Waals surface area contributed by atoms with Crippen LogP contribution in [0.2, 0.25) is 0 Å². The van der Waals surface area contributed by atoms with Gasteiger partial charge in [-0.15, -0.1) is 0 Å². The van der Waals surface area contributed by atoms with Crippen LogP contribution in [0.1, 0.15) is 46.1 Å². The lowest BCUT2D eigenvalue weighted by molar-refractivity contribution is -0.137. The summed E-state index contributed by atoms with van der Waals surface area (Å²) < 4.78 is 16.3. The van der Waals surface area contributed by atoms with Crippen molar-refractivity contribution in [2.75, 3.05) is 0 Å². The molecule has 3 rings (SSSR count). The Kier molecular flexibility index (Phi) is 7.21. The normalized spacial score (nSPS) is 12.3. The minimum Gasteiger partial charge on any atom is -0.444 e. The van der Waals surface area contributed by atoms with Gasteiger partial charge >= 0.3 is 17.7 Å². The highest BCUT2D eigenvalue weighted by atomic mass is 16.6. The summed E-state index contributed by atoms with van der Waals surface area (Å²) in [6.45, 7) is 8.86. The second kappa shape index (κ2) is 9.90. The molecule has 0 fully saturated rings. The van der Waals surface area contributed by atoms with E-state index < -0.39 is 29.3 Å². The molecule has 0 radical (unpaired) electrons. The molecule has 1 aromatic heterocycles. The number of alkyl carbamates (subject to hydrolysis) is 1. The topological polar surface area (TPSA) is 94.8 Å². The van der Waals surface area contributed by atoms with Crippen LogP contribution in [0.15, 0.2) is 57.7 Å². The zero-order valence-corrected chi connectivity index (χ0v) is 19.6. The number of carbonyl (C=O) groups is 2. The molecule has 2 aromatic carbocycles. The maximum atomic E-state index is 12.9. The van der Waals surface area contributed by atoms with Crippen LogP contribution in [0, 0.1) is 6.92 Å². The number of hydrogen-bond donors (Lipinski definition) is 1. The average molecular weight is 452 g/mol. The van der Waals surface area contributed by atoms with Crippen molar-refractivity contribution < 1.29 is 23.5 Å². The number of benzene rings is 2. The predicted molar refractivity (Wildman–Crippen MR) is 126 cm³/mol. The number of esters is 1. The molecule has 174 valence electrons. The minimum atomic E-state index is -0.873. The molecule has 0 saturated heterocycles. The van der Waals surface area contributed by atoms with Gasteiger partial charge in [-0.2, -0.15) is 0 Å². The van der Waals surface area contributed by atoms with E-state index in [-0.39, 0.29) is 5.75 Å². The Balaban J connectivity index is 1.91. The first kappa shape index (κ1) is 24.0. The fraction of sp³-hybridized carbons (Fsp3) is 0.346. The molecular weight excluding hydrogens is 422 g/mol. The van der Waals surface area contributed by atoms with Gasteiger partial charge in [0, 0.05) is 17.0 Å². The summed E-state index contributed by atoms with van der Waals surface area (Å²) in [6, 6.07) is 13.5. The highest BCUT2D eigenvalue weighted by molar-refractivity contribution is 5.96. The van der Waals surface area contributed by atoms with Crippen LogP contribution in [0.25, 0.3) is 22.1 Å². The zero-order valence-electron chi connectivity index (χ0n) is 19.6. The molecule has 3 aromatic rings. The third kappa shape index (κ3) is 6.00. The van der Waals surface area contributed by atoms with Crippen LogP contribution < -0.4 is 15.7 Å². The Hall–Kier alpha value is -3.61. The van der Waals surface area contributed by atoms with Gasteiger partial charge in [0.25, 0.3) is 0 Å². The molecule has 0 aliphatic heterocycles. The Labute approximate surface area is 192 Å². The maximum Gasteiger partial charge on any atom is 0.408 e. The molecule has 1 amide bonds. The lowest BCUT2D eigenvalue weighted by Crippen LogP contribution is -2.45. The molecule has 7 nitrogen and oxygen atoms in total. The fourth-order valence-electron chi connectivity index (χ4n) is 3.48. The van der Waals surface area contributed by atoms with Crippen molar-refractivity contribution >= 4 is 23.0 Å². The van der Waals surface area contributed by atoms with Gasteiger partial charge in [-0.05, 0) is 57.4 Å². The minimum absolute atomic E-state index is 0.257. The third-order valence-corrected chi connectivity index (χ3v) is 4.96. The summed E-state index contributed by atoms with van der Waals surface area (Å²) in [5.41, 5.74) is 1.29. The van der Waals surface area contributed by atoms with Gasteiger partial charge in [0.1, 0.15) is 23.0 Å². The van der Waals surface area contributed by atoms with Gasteiger partial charge < -0.3 is 19.2 Å². The van der Waals surface area contributed by atoms with Crippen LogP contribution in [-0.2, 0) is 9.53 Å². The number of fused-ring (bicyclic) bond motifs is 1. The monoisotopic (exact) mass is 451 g/mol. The first-order valence-corrected chi connectivity index (χ1v) is 10.9. The summed E-state index contributed by atoms with van der Waals surface area (Å²) >= 11 is 0. The molecule has 7 heteroatoms. The number of carbonyl (C=O) groups excluding carboxylic acids is 2. The highest BCUT2D eigenvalue weighted by Crippen LogP contribution is 2.33.